The van der Waals surface area contributed by atoms with Crippen molar-refractivity contribution in [3.05, 3.63) is 44.9 Å². The molecular weight excluding hydrogens is 308 g/mol. The normalized spacial score (nSPS) is 10.9. The van der Waals surface area contributed by atoms with Gasteiger partial charge < -0.3 is 10.3 Å². The van der Waals surface area contributed by atoms with E-state index in [-0.39, 0.29) is 31.1 Å². The van der Waals surface area contributed by atoms with Gasteiger partial charge in [-0.25, -0.2) is 14.5 Å². The van der Waals surface area contributed by atoms with Gasteiger partial charge in [0, 0.05) is 13.1 Å². The predicted molar refractivity (Wildman–Crippen MR) is 79.7 cm³/mol. The van der Waals surface area contributed by atoms with Crippen LogP contribution in [0.15, 0.2) is 33.7 Å². The van der Waals surface area contributed by atoms with Gasteiger partial charge in [0.05, 0.1) is 5.52 Å². The molecule has 0 saturated carbocycles. The number of hydrogen-bond acceptors (Lipinski definition) is 6. The van der Waals surface area contributed by atoms with E-state index in [0.717, 1.165) is 4.57 Å². The van der Waals surface area contributed by atoms with Crippen LogP contribution in [0.2, 0.25) is 0 Å². The lowest BCUT2D eigenvalue weighted by Crippen LogP contribution is -2.39. The zero-order valence-corrected chi connectivity index (χ0v) is 12.2. The first-order valence-corrected chi connectivity index (χ1v) is 7.32. The van der Waals surface area contributed by atoms with Crippen LogP contribution in [0.5, 0.6) is 0 Å². The fourth-order valence-electron chi connectivity index (χ4n) is 2.00. The fourth-order valence-corrected chi connectivity index (χ4v) is 2.80. The Bertz CT molecular complexity index is 907. The molecule has 1 amide bonds. The standard InChI is InChI=1S/C12H12N6O3S/c19-9(5-17-7-13-6-15-17)14-2-3-18-11(20)10-8(1-4-22-10)16-12(18)21/h1,4,6-7H,2-3,5H2,(H,14,19)(H,16,21). The number of hydrogen-bond donors (Lipinski definition) is 2. The largest absolute Gasteiger partial charge is 0.353 e. The summed E-state index contributed by atoms with van der Waals surface area (Å²) in [6.45, 7) is 0.313. The zero-order valence-electron chi connectivity index (χ0n) is 11.4. The molecule has 0 atom stereocenters. The molecule has 3 aromatic rings. The van der Waals surface area contributed by atoms with E-state index in [2.05, 4.69) is 20.4 Å². The Kier molecular flexibility index (Phi) is 3.83. The Morgan fingerprint density at radius 2 is 2.27 bits per heavy atom. The van der Waals surface area contributed by atoms with Crippen molar-refractivity contribution in [3.8, 4) is 0 Å². The van der Waals surface area contributed by atoms with Gasteiger partial charge in [-0.2, -0.15) is 5.10 Å². The minimum Gasteiger partial charge on any atom is -0.353 e. The van der Waals surface area contributed by atoms with E-state index in [9.17, 15) is 14.4 Å². The molecule has 0 fully saturated rings. The second-order valence-corrected chi connectivity index (χ2v) is 5.41. The smallest absolute Gasteiger partial charge is 0.328 e. The lowest BCUT2D eigenvalue weighted by Gasteiger charge is -2.07. The molecule has 0 aliphatic carbocycles. The molecule has 2 N–H and O–H groups in total. The number of H-pyrrole nitrogens is 1. The van der Waals surface area contributed by atoms with E-state index >= 15 is 0 Å². The molecule has 3 rings (SSSR count). The summed E-state index contributed by atoms with van der Waals surface area (Å²) in [5, 5.41) is 8.19. The second kappa shape index (κ2) is 5.93. The summed E-state index contributed by atoms with van der Waals surface area (Å²) in [4.78, 5) is 42.1. The van der Waals surface area contributed by atoms with E-state index in [1.165, 1.54) is 28.7 Å². The summed E-state index contributed by atoms with van der Waals surface area (Å²) >= 11 is 1.27. The van der Waals surface area contributed by atoms with Crippen molar-refractivity contribution in [1.82, 2.24) is 29.6 Å². The average molecular weight is 320 g/mol. The summed E-state index contributed by atoms with van der Waals surface area (Å²) in [7, 11) is 0. The fraction of sp³-hybridized carbons (Fsp3) is 0.250. The number of carbonyl (C=O) groups excluding carboxylic acids is 1. The third kappa shape index (κ3) is 2.81. The number of fused-ring (bicyclic) bond motifs is 1. The van der Waals surface area contributed by atoms with Crippen molar-refractivity contribution < 1.29 is 4.79 Å². The number of nitrogens with zero attached hydrogens (tertiary/aromatic N) is 4. The Morgan fingerprint density at radius 3 is 3.05 bits per heavy atom. The lowest BCUT2D eigenvalue weighted by atomic mass is 10.4. The Morgan fingerprint density at radius 1 is 1.41 bits per heavy atom. The van der Waals surface area contributed by atoms with E-state index in [0.29, 0.717) is 10.2 Å². The molecule has 114 valence electrons. The van der Waals surface area contributed by atoms with Gasteiger partial charge in [-0.1, -0.05) is 0 Å². The molecule has 3 heterocycles. The molecule has 22 heavy (non-hydrogen) atoms. The Labute approximate surface area is 127 Å². The maximum atomic E-state index is 12.2. The van der Waals surface area contributed by atoms with Crippen LogP contribution in [-0.4, -0.2) is 36.8 Å². The van der Waals surface area contributed by atoms with Crippen LogP contribution < -0.4 is 16.6 Å². The molecule has 9 nitrogen and oxygen atoms in total. The highest BCUT2D eigenvalue weighted by Crippen LogP contribution is 2.11. The van der Waals surface area contributed by atoms with Crippen molar-refractivity contribution >= 4 is 27.5 Å². The van der Waals surface area contributed by atoms with Crippen LogP contribution in [0.1, 0.15) is 0 Å². The molecule has 0 saturated heterocycles. The van der Waals surface area contributed by atoms with Crippen molar-refractivity contribution in [3.63, 3.8) is 0 Å². The summed E-state index contributed by atoms with van der Waals surface area (Å²) < 4.78 is 2.95. The number of thiophene rings is 1. The number of carbonyl (C=O) groups is 1. The maximum absolute atomic E-state index is 12.2. The van der Waals surface area contributed by atoms with Gasteiger partial charge in [-0.15, -0.1) is 11.3 Å². The third-order valence-corrected chi connectivity index (χ3v) is 3.92. The minimum absolute atomic E-state index is 0.0369. The quantitative estimate of drug-likeness (QED) is 0.636. The molecule has 10 heteroatoms. The highest BCUT2D eigenvalue weighted by atomic mass is 32.1. The van der Waals surface area contributed by atoms with Crippen molar-refractivity contribution in [2.24, 2.45) is 0 Å². The first kappa shape index (κ1) is 14.2. The first-order valence-electron chi connectivity index (χ1n) is 6.44. The summed E-state index contributed by atoms with van der Waals surface area (Å²) in [5.41, 5.74) is -0.299. The van der Waals surface area contributed by atoms with Gasteiger partial charge in [0.1, 0.15) is 23.9 Å². The highest BCUT2D eigenvalue weighted by molar-refractivity contribution is 7.17. The van der Waals surface area contributed by atoms with E-state index in [4.69, 9.17) is 0 Å². The number of rotatable bonds is 5. The summed E-state index contributed by atoms with van der Waals surface area (Å²) in [6.07, 6.45) is 2.77. The number of aromatic nitrogens is 5. The van der Waals surface area contributed by atoms with E-state index in [1.807, 2.05) is 0 Å². The van der Waals surface area contributed by atoms with Gasteiger partial charge in [0.25, 0.3) is 5.56 Å². The van der Waals surface area contributed by atoms with Crippen LogP contribution in [0.25, 0.3) is 10.2 Å². The van der Waals surface area contributed by atoms with Crippen LogP contribution >= 0.6 is 11.3 Å². The molecule has 0 aromatic carbocycles. The zero-order chi connectivity index (χ0) is 15.5. The van der Waals surface area contributed by atoms with Crippen LogP contribution in [0.3, 0.4) is 0 Å². The van der Waals surface area contributed by atoms with Gasteiger partial charge in [0.2, 0.25) is 5.91 Å². The number of aromatic amines is 1. The molecule has 3 aromatic heterocycles. The van der Waals surface area contributed by atoms with Crippen molar-refractivity contribution in [1.29, 1.82) is 0 Å². The average Bonchev–Trinajstić information content (AvgIpc) is 3.13. The molecule has 0 bridgehead atoms. The van der Waals surface area contributed by atoms with E-state index < -0.39 is 5.69 Å². The molecule has 0 spiro atoms. The van der Waals surface area contributed by atoms with Crippen molar-refractivity contribution in [2.45, 2.75) is 13.1 Å². The Hall–Kier alpha value is -2.75. The summed E-state index contributed by atoms with van der Waals surface area (Å²) in [5.74, 6) is -0.271. The molecule has 0 aliphatic rings. The minimum atomic E-state index is -0.485. The topological polar surface area (TPSA) is 115 Å². The van der Waals surface area contributed by atoms with E-state index in [1.54, 1.807) is 11.4 Å². The molecule has 0 aliphatic heterocycles. The number of nitrogens with one attached hydrogen (secondary N) is 2. The number of amides is 1. The highest BCUT2D eigenvalue weighted by Gasteiger charge is 2.09. The van der Waals surface area contributed by atoms with Crippen LogP contribution in [0, 0.1) is 0 Å². The van der Waals surface area contributed by atoms with Gasteiger partial charge in [-0.3, -0.25) is 14.2 Å². The van der Waals surface area contributed by atoms with Crippen LogP contribution in [-0.2, 0) is 17.9 Å². The summed E-state index contributed by atoms with van der Waals surface area (Å²) in [6, 6.07) is 1.69. The molecule has 0 unspecified atom stereocenters. The molecular formula is C12H12N6O3S. The van der Waals surface area contributed by atoms with Gasteiger partial charge >= 0.3 is 5.69 Å². The second-order valence-electron chi connectivity index (χ2n) is 4.49. The lowest BCUT2D eigenvalue weighted by molar-refractivity contribution is -0.121. The van der Waals surface area contributed by atoms with Crippen molar-refractivity contribution in [2.75, 3.05) is 6.54 Å². The van der Waals surface area contributed by atoms with Gasteiger partial charge in [-0.05, 0) is 11.4 Å². The SMILES string of the molecule is O=C(Cn1cncn1)NCCn1c(=O)[nH]c2ccsc2c1=O. The Balaban J connectivity index is 1.65. The first-order chi connectivity index (χ1) is 10.6. The maximum Gasteiger partial charge on any atom is 0.328 e. The third-order valence-electron chi connectivity index (χ3n) is 3.02. The monoisotopic (exact) mass is 320 g/mol. The molecule has 0 radical (unpaired) electrons. The van der Waals surface area contributed by atoms with Gasteiger partial charge in [0.15, 0.2) is 0 Å². The van der Waals surface area contributed by atoms with Crippen LogP contribution in [0.4, 0.5) is 0 Å². The predicted octanol–water partition coefficient (Wildman–Crippen LogP) is -0.841.